The molecule has 0 aliphatic carbocycles. The molecule has 0 bridgehead atoms. The maximum Gasteiger partial charge on any atom is 0.135 e. The van der Waals surface area contributed by atoms with Crippen molar-refractivity contribution in [2.45, 2.75) is 46.5 Å². The SMILES string of the molecule is CCC(C)C(=O)CCC(C)CCN. The van der Waals surface area contributed by atoms with Gasteiger partial charge in [-0.05, 0) is 31.7 Å². The van der Waals surface area contributed by atoms with Gasteiger partial charge >= 0.3 is 0 Å². The van der Waals surface area contributed by atoms with Gasteiger partial charge in [-0.2, -0.15) is 0 Å². The Balaban J connectivity index is 3.57. The molecule has 0 aliphatic rings. The second-order valence-corrected chi connectivity index (χ2v) is 4.00. The highest BCUT2D eigenvalue weighted by Gasteiger charge is 2.11. The van der Waals surface area contributed by atoms with E-state index in [0.29, 0.717) is 11.7 Å². The summed E-state index contributed by atoms with van der Waals surface area (Å²) in [4.78, 5) is 11.5. The van der Waals surface area contributed by atoms with Gasteiger partial charge < -0.3 is 5.73 Å². The van der Waals surface area contributed by atoms with E-state index < -0.39 is 0 Å². The average molecular weight is 185 g/mol. The Morgan fingerprint density at radius 1 is 1.31 bits per heavy atom. The molecule has 0 heterocycles. The monoisotopic (exact) mass is 185 g/mol. The predicted octanol–water partition coefficient (Wildman–Crippen LogP) is 2.37. The number of carbonyl (C=O) groups is 1. The van der Waals surface area contributed by atoms with E-state index in [4.69, 9.17) is 5.73 Å². The third-order valence-corrected chi connectivity index (χ3v) is 2.71. The molecule has 0 aromatic carbocycles. The lowest BCUT2D eigenvalue weighted by Gasteiger charge is -2.11. The van der Waals surface area contributed by atoms with Gasteiger partial charge in [0.1, 0.15) is 5.78 Å². The van der Waals surface area contributed by atoms with Crippen LogP contribution in [0.4, 0.5) is 0 Å². The van der Waals surface area contributed by atoms with Crippen LogP contribution in [0.25, 0.3) is 0 Å². The molecule has 0 saturated carbocycles. The zero-order valence-electron chi connectivity index (χ0n) is 9.18. The molecular weight excluding hydrogens is 162 g/mol. The van der Waals surface area contributed by atoms with E-state index in [1.54, 1.807) is 0 Å². The molecule has 0 aromatic heterocycles. The van der Waals surface area contributed by atoms with Crippen LogP contribution in [0, 0.1) is 11.8 Å². The third kappa shape index (κ3) is 5.81. The first-order valence-electron chi connectivity index (χ1n) is 5.34. The van der Waals surface area contributed by atoms with Gasteiger partial charge in [-0.25, -0.2) is 0 Å². The van der Waals surface area contributed by atoms with Gasteiger partial charge in [0.2, 0.25) is 0 Å². The van der Waals surface area contributed by atoms with Crippen LogP contribution in [-0.2, 0) is 4.79 Å². The van der Waals surface area contributed by atoms with E-state index in [2.05, 4.69) is 13.8 Å². The summed E-state index contributed by atoms with van der Waals surface area (Å²) in [6.07, 6.45) is 3.73. The fourth-order valence-electron chi connectivity index (χ4n) is 1.29. The lowest BCUT2D eigenvalue weighted by Crippen LogP contribution is -2.12. The molecule has 0 spiro atoms. The molecule has 2 heteroatoms. The molecule has 0 rings (SSSR count). The van der Waals surface area contributed by atoms with E-state index in [9.17, 15) is 4.79 Å². The van der Waals surface area contributed by atoms with Crippen molar-refractivity contribution < 1.29 is 4.79 Å². The Bertz CT molecular complexity index is 145. The van der Waals surface area contributed by atoms with Crippen LogP contribution in [0.3, 0.4) is 0 Å². The molecule has 0 amide bonds. The topological polar surface area (TPSA) is 43.1 Å². The maximum atomic E-state index is 11.5. The summed E-state index contributed by atoms with van der Waals surface area (Å²) in [5.74, 6) is 1.24. The van der Waals surface area contributed by atoms with Crippen molar-refractivity contribution in [3.8, 4) is 0 Å². The van der Waals surface area contributed by atoms with Crippen LogP contribution in [-0.4, -0.2) is 12.3 Å². The van der Waals surface area contributed by atoms with Gasteiger partial charge in [0.05, 0.1) is 0 Å². The second-order valence-electron chi connectivity index (χ2n) is 4.00. The number of hydrogen-bond donors (Lipinski definition) is 1. The Morgan fingerprint density at radius 2 is 1.92 bits per heavy atom. The molecule has 2 atom stereocenters. The van der Waals surface area contributed by atoms with Gasteiger partial charge in [-0.15, -0.1) is 0 Å². The van der Waals surface area contributed by atoms with Gasteiger partial charge in [-0.1, -0.05) is 20.8 Å². The first-order chi connectivity index (χ1) is 6.11. The molecule has 2 nitrogen and oxygen atoms in total. The molecule has 0 aliphatic heterocycles. The molecule has 0 radical (unpaired) electrons. The highest BCUT2D eigenvalue weighted by Crippen LogP contribution is 2.13. The summed E-state index contributed by atoms with van der Waals surface area (Å²) in [7, 11) is 0. The Labute approximate surface area is 81.9 Å². The van der Waals surface area contributed by atoms with E-state index in [1.807, 2.05) is 6.92 Å². The van der Waals surface area contributed by atoms with Gasteiger partial charge in [0.15, 0.2) is 0 Å². The van der Waals surface area contributed by atoms with Crippen LogP contribution >= 0.6 is 0 Å². The molecule has 78 valence electrons. The van der Waals surface area contributed by atoms with Crippen molar-refractivity contribution in [3.63, 3.8) is 0 Å². The predicted molar refractivity (Wildman–Crippen MR) is 56.5 cm³/mol. The summed E-state index contributed by atoms with van der Waals surface area (Å²) in [5, 5.41) is 0. The third-order valence-electron chi connectivity index (χ3n) is 2.71. The van der Waals surface area contributed by atoms with E-state index in [1.165, 1.54) is 0 Å². The van der Waals surface area contributed by atoms with Crippen LogP contribution in [0.1, 0.15) is 46.5 Å². The molecule has 0 saturated heterocycles. The van der Waals surface area contributed by atoms with E-state index in [0.717, 1.165) is 32.2 Å². The second kappa shape index (κ2) is 7.07. The van der Waals surface area contributed by atoms with Crippen molar-refractivity contribution in [3.05, 3.63) is 0 Å². The first kappa shape index (κ1) is 12.6. The lowest BCUT2D eigenvalue weighted by atomic mass is 9.94. The van der Waals surface area contributed by atoms with Gasteiger partial charge in [0.25, 0.3) is 0 Å². The fourth-order valence-corrected chi connectivity index (χ4v) is 1.29. The molecule has 0 aromatic rings. The fraction of sp³-hybridized carbons (Fsp3) is 0.909. The summed E-state index contributed by atoms with van der Waals surface area (Å²) in [6, 6.07) is 0. The Hall–Kier alpha value is -0.370. The molecular formula is C11H23NO. The normalized spacial score (nSPS) is 15.4. The summed E-state index contributed by atoms with van der Waals surface area (Å²) < 4.78 is 0. The largest absolute Gasteiger partial charge is 0.330 e. The zero-order valence-corrected chi connectivity index (χ0v) is 9.18. The van der Waals surface area contributed by atoms with Crippen molar-refractivity contribution in [1.82, 2.24) is 0 Å². The van der Waals surface area contributed by atoms with Crippen molar-refractivity contribution in [2.24, 2.45) is 17.6 Å². The van der Waals surface area contributed by atoms with E-state index >= 15 is 0 Å². The minimum absolute atomic E-state index is 0.241. The first-order valence-corrected chi connectivity index (χ1v) is 5.34. The molecule has 13 heavy (non-hydrogen) atoms. The summed E-state index contributed by atoms with van der Waals surface area (Å²) >= 11 is 0. The number of nitrogens with two attached hydrogens (primary N) is 1. The van der Waals surface area contributed by atoms with Crippen molar-refractivity contribution in [1.29, 1.82) is 0 Å². The molecule has 2 N–H and O–H groups in total. The van der Waals surface area contributed by atoms with Crippen LogP contribution in [0.2, 0.25) is 0 Å². The van der Waals surface area contributed by atoms with Crippen LogP contribution in [0.15, 0.2) is 0 Å². The highest BCUT2D eigenvalue weighted by atomic mass is 16.1. The van der Waals surface area contributed by atoms with Crippen LogP contribution in [0.5, 0.6) is 0 Å². The lowest BCUT2D eigenvalue weighted by molar-refractivity contribution is -0.122. The molecule has 2 unspecified atom stereocenters. The highest BCUT2D eigenvalue weighted by molar-refractivity contribution is 5.80. The number of carbonyl (C=O) groups excluding carboxylic acids is 1. The van der Waals surface area contributed by atoms with E-state index in [-0.39, 0.29) is 5.92 Å². The number of Topliss-reactive ketones (excluding diaryl/α,β-unsaturated/α-hetero) is 1. The minimum atomic E-state index is 0.241. The minimum Gasteiger partial charge on any atom is -0.330 e. The van der Waals surface area contributed by atoms with Gasteiger partial charge in [-0.3, -0.25) is 4.79 Å². The Morgan fingerprint density at radius 3 is 2.38 bits per heavy atom. The van der Waals surface area contributed by atoms with Crippen molar-refractivity contribution >= 4 is 5.78 Å². The van der Waals surface area contributed by atoms with Gasteiger partial charge in [0, 0.05) is 12.3 Å². The standard InChI is InChI=1S/C11H23NO/c1-4-10(3)11(13)6-5-9(2)7-8-12/h9-10H,4-8,12H2,1-3H3. The average Bonchev–Trinajstić information content (AvgIpc) is 2.13. The molecule has 0 fully saturated rings. The smallest absolute Gasteiger partial charge is 0.135 e. The number of ketones is 1. The quantitative estimate of drug-likeness (QED) is 0.661. The number of rotatable bonds is 7. The summed E-state index contributed by atoms with van der Waals surface area (Å²) in [6.45, 7) is 6.97. The Kier molecular flexibility index (Phi) is 6.87. The van der Waals surface area contributed by atoms with Crippen molar-refractivity contribution in [2.75, 3.05) is 6.54 Å². The summed E-state index contributed by atoms with van der Waals surface area (Å²) in [5.41, 5.74) is 5.44. The maximum absolute atomic E-state index is 11.5. The number of hydrogen-bond acceptors (Lipinski definition) is 2. The zero-order chi connectivity index (χ0) is 10.3. The van der Waals surface area contributed by atoms with Crippen LogP contribution < -0.4 is 5.73 Å².